The predicted octanol–water partition coefficient (Wildman–Crippen LogP) is 4.83. The first-order valence-corrected chi connectivity index (χ1v) is 9.76. The molecule has 0 spiro atoms. The molecule has 3 rings (SSSR count). The van der Waals surface area contributed by atoms with Crippen LogP contribution in [0.2, 0.25) is 0 Å². The minimum Gasteiger partial charge on any atom is -0.392 e. The van der Waals surface area contributed by atoms with Crippen LogP contribution in [0.25, 0.3) is 22.2 Å². The molecule has 0 saturated carbocycles. The van der Waals surface area contributed by atoms with Crippen LogP contribution in [-0.4, -0.2) is 27.2 Å². The third kappa shape index (κ3) is 4.45. The quantitative estimate of drug-likeness (QED) is 0.683. The Morgan fingerprint density at radius 1 is 1.07 bits per heavy atom. The molecule has 2 aromatic carbocycles. The number of aliphatic hydroxyl groups is 1. The number of nitrogens with zero attached hydrogens (tertiary/aromatic N) is 1. The number of fused-ring (bicyclic) bond motifs is 1. The van der Waals surface area contributed by atoms with Crippen molar-refractivity contribution in [1.29, 1.82) is 0 Å². The Kier molecular flexibility index (Phi) is 5.35. The predicted molar refractivity (Wildman–Crippen MR) is 116 cm³/mol. The summed E-state index contributed by atoms with van der Waals surface area (Å²) in [5, 5.41) is 14.1. The second kappa shape index (κ2) is 7.44. The number of nitrogens with one attached hydrogen (secondary N) is 1. The summed E-state index contributed by atoms with van der Waals surface area (Å²) >= 11 is 0. The van der Waals surface area contributed by atoms with Gasteiger partial charge in [-0.05, 0) is 83.5 Å². The molecular formula is C24H30N2O2. The van der Waals surface area contributed by atoms with Gasteiger partial charge in [-0.3, -0.25) is 4.79 Å². The van der Waals surface area contributed by atoms with Gasteiger partial charge in [0.1, 0.15) is 0 Å². The van der Waals surface area contributed by atoms with Crippen molar-refractivity contribution >= 4 is 16.8 Å². The normalized spacial score (nSPS) is 13.0. The van der Waals surface area contributed by atoms with E-state index in [0.717, 1.165) is 22.2 Å². The molecule has 1 aromatic heterocycles. The number of aryl methyl sites for hydroxylation is 2. The van der Waals surface area contributed by atoms with E-state index in [9.17, 15) is 9.90 Å². The molecule has 0 aliphatic rings. The highest BCUT2D eigenvalue weighted by Gasteiger charge is 2.18. The largest absolute Gasteiger partial charge is 0.392 e. The van der Waals surface area contributed by atoms with E-state index in [4.69, 9.17) is 0 Å². The molecule has 0 fully saturated rings. The fourth-order valence-electron chi connectivity index (χ4n) is 3.65. The zero-order valence-electron chi connectivity index (χ0n) is 17.6. The van der Waals surface area contributed by atoms with Crippen LogP contribution in [0.4, 0.5) is 0 Å². The number of carbonyl (C=O) groups excluding carboxylic acids is 1. The Labute approximate surface area is 167 Å². The standard InChI is InChI=1S/C24H30N2O2/c1-15-9-16(2)11-19(10-15)22-13-20-12-18(23(28)25-24(4,5)6)7-8-21(20)26(22)14-17(3)27/h7-13,17,27H,14H2,1-6H3,(H,25,28). The lowest BCUT2D eigenvalue weighted by molar-refractivity contribution is 0.0919. The van der Waals surface area contributed by atoms with Gasteiger partial charge < -0.3 is 15.0 Å². The van der Waals surface area contributed by atoms with Crippen LogP contribution in [0.5, 0.6) is 0 Å². The maximum atomic E-state index is 12.6. The van der Waals surface area contributed by atoms with Crippen molar-refractivity contribution in [3.63, 3.8) is 0 Å². The maximum absolute atomic E-state index is 12.6. The van der Waals surface area contributed by atoms with E-state index in [-0.39, 0.29) is 11.4 Å². The second-order valence-electron chi connectivity index (χ2n) is 8.84. The summed E-state index contributed by atoms with van der Waals surface area (Å²) in [6, 6.07) is 14.3. The first kappa shape index (κ1) is 20.2. The van der Waals surface area contributed by atoms with E-state index in [1.54, 1.807) is 6.92 Å². The summed E-state index contributed by atoms with van der Waals surface area (Å²) in [5.41, 5.74) is 5.95. The Hall–Kier alpha value is -2.59. The number of rotatable bonds is 4. The van der Waals surface area contributed by atoms with Crippen LogP contribution in [0.15, 0.2) is 42.5 Å². The first-order chi connectivity index (χ1) is 13.0. The molecule has 28 heavy (non-hydrogen) atoms. The van der Waals surface area contributed by atoms with Gasteiger partial charge in [0.15, 0.2) is 0 Å². The minimum absolute atomic E-state index is 0.0781. The Bertz CT molecular complexity index is 1000. The van der Waals surface area contributed by atoms with Crippen LogP contribution >= 0.6 is 0 Å². The lowest BCUT2D eigenvalue weighted by Gasteiger charge is -2.20. The van der Waals surface area contributed by atoms with Gasteiger partial charge in [-0.15, -0.1) is 0 Å². The molecule has 4 heteroatoms. The average molecular weight is 379 g/mol. The van der Waals surface area contributed by atoms with Crippen LogP contribution in [0.1, 0.15) is 49.2 Å². The van der Waals surface area contributed by atoms with E-state index in [0.29, 0.717) is 12.1 Å². The van der Waals surface area contributed by atoms with Gasteiger partial charge in [0.25, 0.3) is 5.91 Å². The van der Waals surface area contributed by atoms with Crippen molar-refractivity contribution in [1.82, 2.24) is 9.88 Å². The van der Waals surface area contributed by atoms with Gasteiger partial charge in [-0.1, -0.05) is 17.2 Å². The lowest BCUT2D eigenvalue weighted by Crippen LogP contribution is -2.40. The lowest BCUT2D eigenvalue weighted by atomic mass is 10.0. The van der Waals surface area contributed by atoms with E-state index in [1.165, 1.54) is 11.1 Å². The molecular weight excluding hydrogens is 348 g/mol. The fourth-order valence-corrected chi connectivity index (χ4v) is 3.65. The van der Waals surface area contributed by atoms with Gasteiger partial charge in [0.2, 0.25) is 0 Å². The zero-order valence-corrected chi connectivity index (χ0v) is 17.6. The number of hydrogen-bond acceptors (Lipinski definition) is 2. The molecule has 0 aliphatic heterocycles. The van der Waals surface area contributed by atoms with E-state index in [2.05, 4.69) is 48.0 Å². The van der Waals surface area contributed by atoms with E-state index in [1.807, 2.05) is 39.0 Å². The number of aliphatic hydroxyl groups excluding tert-OH is 1. The average Bonchev–Trinajstić information content (AvgIpc) is 2.89. The summed E-state index contributed by atoms with van der Waals surface area (Å²) in [5.74, 6) is -0.0781. The van der Waals surface area contributed by atoms with Crippen LogP contribution in [0, 0.1) is 13.8 Å². The van der Waals surface area contributed by atoms with Crippen molar-refractivity contribution in [2.45, 2.75) is 59.7 Å². The molecule has 1 heterocycles. The monoisotopic (exact) mass is 378 g/mol. The van der Waals surface area contributed by atoms with E-state index < -0.39 is 6.10 Å². The first-order valence-electron chi connectivity index (χ1n) is 9.76. The Balaban J connectivity index is 2.14. The van der Waals surface area contributed by atoms with Crippen molar-refractivity contribution in [2.24, 2.45) is 0 Å². The molecule has 1 unspecified atom stereocenters. The van der Waals surface area contributed by atoms with Gasteiger partial charge in [0, 0.05) is 34.2 Å². The summed E-state index contributed by atoms with van der Waals surface area (Å²) in [4.78, 5) is 12.6. The molecule has 0 aliphatic carbocycles. The molecule has 1 atom stereocenters. The highest BCUT2D eigenvalue weighted by molar-refractivity contribution is 5.99. The molecule has 4 nitrogen and oxygen atoms in total. The van der Waals surface area contributed by atoms with Gasteiger partial charge in [0.05, 0.1) is 6.10 Å². The van der Waals surface area contributed by atoms with Crippen molar-refractivity contribution in [3.8, 4) is 11.3 Å². The van der Waals surface area contributed by atoms with Gasteiger partial charge >= 0.3 is 0 Å². The molecule has 0 saturated heterocycles. The third-order valence-corrected chi connectivity index (χ3v) is 4.62. The number of amides is 1. The number of hydrogen-bond donors (Lipinski definition) is 2. The molecule has 1 amide bonds. The Morgan fingerprint density at radius 2 is 1.71 bits per heavy atom. The number of carbonyl (C=O) groups is 1. The molecule has 0 radical (unpaired) electrons. The Morgan fingerprint density at radius 3 is 2.29 bits per heavy atom. The third-order valence-electron chi connectivity index (χ3n) is 4.62. The molecule has 0 bridgehead atoms. The second-order valence-corrected chi connectivity index (χ2v) is 8.84. The smallest absolute Gasteiger partial charge is 0.251 e. The van der Waals surface area contributed by atoms with Crippen molar-refractivity contribution in [3.05, 3.63) is 59.2 Å². The topological polar surface area (TPSA) is 54.3 Å². The van der Waals surface area contributed by atoms with Gasteiger partial charge in [-0.2, -0.15) is 0 Å². The summed E-state index contributed by atoms with van der Waals surface area (Å²) in [6.45, 7) is 12.4. The molecule has 3 aromatic rings. The van der Waals surface area contributed by atoms with Crippen LogP contribution in [0.3, 0.4) is 0 Å². The van der Waals surface area contributed by atoms with Crippen LogP contribution in [-0.2, 0) is 6.54 Å². The SMILES string of the molecule is Cc1cc(C)cc(-c2cc3cc(C(=O)NC(C)(C)C)ccc3n2CC(C)O)c1. The minimum atomic E-state index is -0.468. The van der Waals surface area contributed by atoms with E-state index >= 15 is 0 Å². The fraction of sp³-hybridized carbons (Fsp3) is 0.375. The highest BCUT2D eigenvalue weighted by Crippen LogP contribution is 2.31. The summed E-state index contributed by atoms with van der Waals surface area (Å²) in [7, 11) is 0. The van der Waals surface area contributed by atoms with Gasteiger partial charge in [-0.25, -0.2) is 0 Å². The van der Waals surface area contributed by atoms with Crippen molar-refractivity contribution < 1.29 is 9.90 Å². The van der Waals surface area contributed by atoms with Crippen molar-refractivity contribution in [2.75, 3.05) is 0 Å². The number of aromatic nitrogens is 1. The summed E-state index contributed by atoms with van der Waals surface area (Å²) in [6.07, 6.45) is -0.468. The zero-order chi connectivity index (χ0) is 20.6. The van der Waals surface area contributed by atoms with Crippen LogP contribution < -0.4 is 5.32 Å². The highest BCUT2D eigenvalue weighted by atomic mass is 16.3. The molecule has 2 N–H and O–H groups in total. The maximum Gasteiger partial charge on any atom is 0.251 e. The number of benzene rings is 2. The summed E-state index contributed by atoms with van der Waals surface area (Å²) < 4.78 is 2.14. The molecule has 148 valence electrons.